The lowest BCUT2D eigenvalue weighted by atomic mass is 10.2. The molecule has 2 aliphatic heterocycles. The van der Waals surface area contributed by atoms with Gasteiger partial charge < -0.3 is 10.2 Å². The molecule has 0 radical (unpaired) electrons. The molecule has 0 aromatic heterocycles. The van der Waals surface area contributed by atoms with Crippen molar-refractivity contribution in [3.63, 3.8) is 0 Å². The van der Waals surface area contributed by atoms with Crippen LogP contribution in [0.5, 0.6) is 0 Å². The Hall–Kier alpha value is -0.0300. The van der Waals surface area contributed by atoms with E-state index in [1.807, 2.05) is 0 Å². The second-order valence-corrected chi connectivity index (χ2v) is 4.82. The second-order valence-electron chi connectivity index (χ2n) is 4.82. The zero-order valence-corrected chi connectivity index (χ0v) is 12.5. The Bertz CT molecular complexity index is 227. The summed E-state index contributed by atoms with van der Waals surface area (Å²) in [5.41, 5.74) is 0. The number of amides is 1. The molecule has 2 rings (SSSR count). The van der Waals surface area contributed by atoms with Crippen molar-refractivity contribution in [1.29, 1.82) is 0 Å². The summed E-state index contributed by atoms with van der Waals surface area (Å²) in [6, 6.07) is 0. The third kappa shape index (κ3) is 5.74. The minimum absolute atomic E-state index is 0. The van der Waals surface area contributed by atoms with E-state index in [0.29, 0.717) is 12.5 Å². The van der Waals surface area contributed by atoms with Crippen molar-refractivity contribution in [2.45, 2.75) is 25.7 Å². The summed E-state index contributed by atoms with van der Waals surface area (Å²) < 4.78 is 0. The van der Waals surface area contributed by atoms with Gasteiger partial charge in [0.1, 0.15) is 0 Å². The molecule has 2 heterocycles. The Labute approximate surface area is 122 Å². The first kappa shape index (κ1) is 18.0. The smallest absolute Gasteiger partial charge is 0.236 e. The van der Waals surface area contributed by atoms with Gasteiger partial charge in [-0.25, -0.2) is 0 Å². The molecule has 18 heavy (non-hydrogen) atoms. The minimum Gasteiger partial charge on any atom is -0.342 e. The van der Waals surface area contributed by atoms with Gasteiger partial charge in [0.15, 0.2) is 0 Å². The number of nitrogens with one attached hydrogen (secondary N) is 1. The van der Waals surface area contributed by atoms with Crippen LogP contribution in [0.2, 0.25) is 0 Å². The molecule has 0 unspecified atom stereocenters. The maximum Gasteiger partial charge on any atom is 0.236 e. The van der Waals surface area contributed by atoms with E-state index in [1.165, 1.54) is 25.7 Å². The molecule has 2 aliphatic rings. The van der Waals surface area contributed by atoms with Crippen LogP contribution in [0.25, 0.3) is 0 Å². The van der Waals surface area contributed by atoms with Crippen LogP contribution < -0.4 is 5.32 Å². The number of hydrogen-bond acceptors (Lipinski definition) is 3. The van der Waals surface area contributed by atoms with Gasteiger partial charge in [0.25, 0.3) is 0 Å². The number of halogens is 2. The Kier molecular flexibility index (Phi) is 9.83. The van der Waals surface area contributed by atoms with Crippen molar-refractivity contribution in [3.05, 3.63) is 0 Å². The van der Waals surface area contributed by atoms with E-state index >= 15 is 0 Å². The molecule has 4 nitrogen and oxygen atoms in total. The average Bonchev–Trinajstić information content (AvgIpc) is 2.59. The molecule has 1 N–H and O–H groups in total. The first-order valence-electron chi connectivity index (χ1n) is 6.57. The molecule has 0 aromatic rings. The van der Waals surface area contributed by atoms with E-state index in [-0.39, 0.29) is 24.8 Å². The van der Waals surface area contributed by atoms with Gasteiger partial charge in [0.05, 0.1) is 6.54 Å². The molecular weight excluding hydrogens is 273 g/mol. The zero-order valence-electron chi connectivity index (χ0n) is 10.9. The maximum absolute atomic E-state index is 12.1. The van der Waals surface area contributed by atoms with E-state index in [9.17, 15) is 4.79 Å². The number of rotatable bonds is 2. The highest BCUT2D eigenvalue weighted by atomic mass is 35.5. The van der Waals surface area contributed by atoms with Gasteiger partial charge in [-0.15, -0.1) is 24.8 Å². The number of hydrogen-bond donors (Lipinski definition) is 1. The van der Waals surface area contributed by atoms with Crippen molar-refractivity contribution in [1.82, 2.24) is 15.1 Å². The quantitative estimate of drug-likeness (QED) is 0.830. The first-order chi connectivity index (χ1) is 7.86. The number of piperazine rings is 1. The Morgan fingerprint density at radius 2 is 1.44 bits per heavy atom. The number of carbonyl (C=O) groups excluding carboxylic acids is 1. The lowest BCUT2D eigenvalue weighted by molar-refractivity contribution is -0.132. The summed E-state index contributed by atoms with van der Waals surface area (Å²) in [4.78, 5) is 16.4. The third-order valence-corrected chi connectivity index (χ3v) is 3.53. The number of carbonyl (C=O) groups is 1. The van der Waals surface area contributed by atoms with Gasteiger partial charge in [0, 0.05) is 39.3 Å². The van der Waals surface area contributed by atoms with Crippen LogP contribution in [0, 0.1) is 0 Å². The van der Waals surface area contributed by atoms with Gasteiger partial charge in [-0.3, -0.25) is 9.69 Å². The van der Waals surface area contributed by atoms with E-state index in [0.717, 1.165) is 39.3 Å². The summed E-state index contributed by atoms with van der Waals surface area (Å²) in [7, 11) is 0. The maximum atomic E-state index is 12.1. The van der Waals surface area contributed by atoms with E-state index in [1.54, 1.807) is 0 Å². The lowest BCUT2D eigenvalue weighted by Crippen LogP contribution is -2.48. The van der Waals surface area contributed by atoms with E-state index < -0.39 is 0 Å². The van der Waals surface area contributed by atoms with E-state index in [4.69, 9.17) is 0 Å². The van der Waals surface area contributed by atoms with Crippen molar-refractivity contribution in [2.24, 2.45) is 0 Å². The molecule has 0 bridgehead atoms. The summed E-state index contributed by atoms with van der Waals surface area (Å²) >= 11 is 0. The molecular formula is C12H25Cl2N3O. The fourth-order valence-electron chi connectivity index (χ4n) is 2.48. The summed E-state index contributed by atoms with van der Waals surface area (Å²) in [5.74, 6) is 0.337. The van der Waals surface area contributed by atoms with E-state index in [2.05, 4.69) is 15.1 Å². The van der Waals surface area contributed by atoms with Crippen molar-refractivity contribution in [3.8, 4) is 0 Å². The van der Waals surface area contributed by atoms with Crippen molar-refractivity contribution in [2.75, 3.05) is 45.8 Å². The second kappa shape index (κ2) is 9.84. The predicted molar refractivity (Wildman–Crippen MR) is 78.9 cm³/mol. The standard InChI is InChI=1S/C12H23N3O.2ClH/c16-12(11-14-9-5-13-6-10-14)15-7-3-1-2-4-8-15;;/h13H,1-11H2;2*1H. The molecule has 1 amide bonds. The van der Waals surface area contributed by atoms with Crippen molar-refractivity contribution < 1.29 is 4.79 Å². The van der Waals surface area contributed by atoms with Crippen LogP contribution in [-0.4, -0.2) is 61.5 Å². The average molecular weight is 298 g/mol. The van der Waals surface area contributed by atoms with Gasteiger partial charge in [-0.05, 0) is 12.8 Å². The molecule has 0 saturated carbocycles. The molecule has 108 valence electrons. The Morgan fingerprint density at radius 1 is 0.889 bits per heavy atom. The van der Waals surface area contributed by atoms with Gasteiger partial charge in [-0.1, -0.05) is 12.8 Å². The molecule has 0 aromatic carbocycles. The van der Waals surface area contributed by atoms with Gasteiger partial charge >= 0.3 is 0 Å². The highest BCUT2D eigenvalue weighted by Crippen LogP contribution is 2.10. The SMILES string of the molecule is Cl.Cl.O=C(CN1CCNCC1)N1CCCCCC1. The summed E-state index contributed by atoms with van der Waals surface area (Å²) in [6.07, 6.45) is 4.95. The first-order valence-corrected chi connectivity index (χ1v) is 6.57. The minimum atomic E-state index is 0. The highest BCUT2D eigenvalue weighted by molar-refractivity contribution is 5.85. The third-order valence-electron chi connectivity index (χ3n) is 3.53. The fraction of sp³-hybridized carbons (Fsp3) is 0.917. The van der Waals surface area contributed by atoms with Crippen LogP contribution in [0.3, 0.4) is 0 Å². The van der Waals surface area contributed by atoms with Crippen LogP contribution in [0.4, 0.5) is 0 Å². The van der Waals surface area contributed by atoms with Crippen LogP contribution in [0.15, 0.2) is 0 Å². The number of nitrogens with zero attached hydrogens (tertiary/aromatic N) is 2. The van der Waals surface area contributed by atoms with Gasteiger partial charge in [-0.2, -0.15) is 0 Å². The molecule has 2 fully saturated rings. The Morgan fingerprint density at radius 3 is 2.00 bits per heavy atom. The molecule has 6 heteroatoms. The summed E-state index contributed by atoms with van der Waals surface area (Å²) in [5, 5.41) is 3.31. The highest BCUT2D eigenvalue weighted by Gasteiger charge is 2.19. The zero-order chi connectivity index (χ0) is 11.2. The van der Waals surface area contributed by atoms with Crippen LogP contribution >= 0.6 is 24.8 Å². The predicted octanol–water partition coefficient (Wildman–Crippen LogP) is 1.14. The van der Waals surface area contributed by atoms with Crippen molar-refractivity contribution >= 4 is 30.7 Å². The van der Waals surface area contributed by atoms with Gasteiger partial charge in [0.2, 0.25) is 5.91 Å². The molecule has 0 atom stereocenters. The lowest BCUT2D eigenvalue weighted by Gasteiger charge is -2.29. The van der Waals surface area contributed by atoms with Crippen LogP contribution in [0.1, 0.15) is 25.7 Å². The topological polar surface area (TPSA) is 35.6 Å². The summed E-state index contributed by atoms with van der Waals surface area (Å²) in [6.45, 7) is 6.65. The number of likely N-dealkylation sites (tertiary alicyclic amines) is 1. The largest absolute Gasteiger partial charge is 0.342 e. The molecule has 0 spiro atoms. The molecule has 0 aliphatic carbocycles. The normalized spacial score (nSPS) is 21.4. The Balaban J connectivity index is 0.00000144. The fourth-order valence-corrected chi connectivity index (χ4v) is 2.48. The van der Waals surface area contributed by atoms with Crippen LogP contribution in [-0.2, 0) is 4.79 Å². The molecule has 2 saturated heterocycles. The monoisotopic (exact) mass is 297 g/mol.